The average Bonchev–Trinajstić information content (AvgIpc) is 2.91. The number of amides is 1. The van der Waals surface area contributed by atoms with Gasteiger partial charge < -0.3 is 25.2 Å². The van der Waals surface area contributed by atoms with Crippen molar-refractivity contribution in [1.82, 2.24) is 10.6 Å². The predicted molar refractivity (Wildman–Crippen MR) is 85.8 cm³/mol. The molecule has 0 aromatic heterocycles. The number of carbonyl (C=O) groups excluding carboxylic acids is 1. The molecule has 2 rings (SSSR count). The third-order valence-corrected chi connectivity index (χ3v) is 3.48. The molecule has 0 saturated carbocycles. The summed E-state index contributed by atoms with van der Waals surface area (Å²) < 4.78 is 10.4. The summed E-state index contributed by atoms with van der Waals surface area (Å²) in [6.45, 7) is 2.72. The minimum atomic E-state index is -0.394. The van der Waals surface area contributed by atoms with Crippen LogP contribution >= 0.6 is 12.4 Å². The normalized spacial score (nSPS) is 20.3. The number of ether oxygens (including phenoxy) is 2. The maximum absolute atomic E-state index is 12.1. The Hall–Kier alpha value is -1.34. The molecule has 1 heterocycles. The number of hydrogen-bond donors (Lipinski definition) is 3. The third-order valence-electron chi connectivity index (χ3n) is 3.48. The number of rotatable bonds is 7. The van der Waals surface area contributed by atoms with Crippen LogP contribution in [0, 0.1) is 5.92 Å². The van der Waals surface area contributed by atoms with Gasteiger partial charge in [0.1, 0.15) is 12.4 Å². The summed E-state index contributed by atoms with van der Waals surface area (Å²) in [6, 6.07) is 7.02. The highest BCUT2D eigenvalue weighted by Gasteiger charge is 2.25. The molecule has 1 aliphatic heterocycles. The van der Waals surface area contributed by atoms with Crippen molar-refractivity contribution < 1.29 is 19.4 Å². The molecule has 0 bridgehead atoms. The molecule has 1 saturated heterocycles. The van der Waals surface area contributed by atoms with Crippen LogP contribution in [0.2, 0.25) is 0 Å². The average molecular weight is 331 g/mol. The van der Waals surface area contributed by atoms with Crippen molar-refractivity contribution in [3.63, 3.8) is 0 Å². The summed E-state index contributed by atoms with van der Waals surface area (Å²) in [5.74, 6) is 0.545. The highest BCUT2D eigenvalue weighted by Crippen LogP contribution is 2.14. The van der Waals surface area contributed by atoms with Crippen molar-refractivity contribution in [2.45, 2.75) is 6.10 Å². The smallest absolute Gasteiger partial charge is 0.251 e. The quantitative estimate of drug-likeness (QED) is 0.632. The summed E-state index contributed by atoms with van der Waals surface area (Å²) >= 11 is 0. The third kappa shape index (κ3) is 5.46. The Morgan fingerprint density at radius 1 is 1.41 bits per heavy atom. The Kier molecular flexibility index (Phi) is 8.19. The van der Waals surface area contributed by atoms with Gasteiger partial charge in [-0.25, -0.2) is 0 Å². The van der Waals surface area contributed by atoms with Crippen LogP contribution in [0.15, 0.2) is 24.3 Å². The van der Waals surface area contributed by atoms with Crippen molar-refractivity contribution in [3.05, 3.63) is 29.8 Å². The number of aliphatic hydroxyl groups is 1. The number of β-amino-alcohol motifs (C(OH)–C–C–N with tert-alkyl or cyclic N) is 1. The number of methoxy groups -OCH3 is 1. The minimum Gasteiger partial charge on any atom is -0.491 e. The van der Waals surface area contributed by atoms with Crippen LogP contribution in [0.3, 0.4) is 0 Å². The molecule has 1 aromatic rings. The molecule has 2 atom stereocenters. The fourth-order valence-corrected chi connectivity index (χ4v) is 2.22. The van der Waals surface area contributed by atoms with Crippen molar-refractivity contribution in [3.8, 4) is 5.75 Å². The lowest BCUT2D eigenvalue weighted by Gasteiger charge is -2.14. The zero-order valence-electron chi connectivity index (χ0n) is 12.6. The number of benzene rings is 1. The maximum Gasteiger partial charge on any atom is 0.251 e. The van der Waals surface area contributed by atoms with E-state index in [0.717, 1.165) is 6.54 Å². The molecule has 1 fully saturated rings. The highest BCUT2D eigenvalue weighted by atomic mass is 35.5. The van der Waals surface area contributed by atoms with E-state index >= 15 is 0 Å². The molecule has 124 valence electrons. The lowest BCUT2D eigenvalue weighted by Crippen LogP contribution is -2.34. The molecular weight excluding hydrogens is 308 g/mol. The largest absolute Gasteiger partial charge is 0.491 e. The van der Waals surface area contributed by atoms with Crippen LogP contribution in [0.25, 0.3) is 0 Å². The van der Waals surface area contributed by atoms with Gasteiger partial charge in [0.25, 0.3) is 5.91 Å². The Morgan fingerprint density at radius 2 is 2.23 bits per heavy atom. The van der Waals surface area contributed by atoms with Gasteiger partial charge in [-0.3, -0.25) is 4.79 Å². The van der Waals surface area contributed by atoms with Crippen molar-refractivity contribution in [2.75, 3.05) is 40.0 Å². The van der Waals surface area contributed by atoms with Gasteiger partial charge in [0.2, 0.25) is 0 Å². The van der Waals surface area contributed by atoms with Gasteiger partial charge in [0, 0.05) is 38.2 Å². The summed E-state index contributed by atoms with van der Waals surface area (Å²) in [5, 5.41) is 15.6. The maximum atomic E-state index is 12.1. The van der Waals surface area contributed by atoms with Gasteiger partial charge in [0.15, 0.2) is 0 Å². The molecule has 2 unspecified atom stereocenters. The highest BCUT2D eigenvalue weighted by molar-refractivity contribution is 5.94. The minimum absolute atomic E-state index is 0. The number of halogens is 1. The topological polar surface area (TPSA) is 79.8 Å². The Balaban J connectivity index is 0.00000242. The Labute approximate surface area is 136 Å². The fourth-order valence-electron chi connectivity index (χ4n) is 2.22. The zero-order valence-corrected chi connectivity index (χ0v) is 13.4. The van der Waals surface area contributed by atoms with Gasteiger partial charge in [-0.1, -0.05) is 6.07 Å². The molecule has 1 aliphatic rings. The molecule has 0 spiro atoms. The van der Waals surface area contributed by atoms with Gasteiger partial charge in [0.05, 0.1) is 12.7 Å². The fraction of sp³-hybridized carbons (Fsp3) is 0.533. The Bertz CT molecular complexity index is 473. The molecule has 7 heteroatoms. The van der Waals surface area contributed by atoms with E-state index in [-0.39, 0.29) is 24.2 Å². The molecule has 0 radical (unpaired) electrons. The van der Waals surface area contributed by atoms with Crippen LogP contribution < -0.4 is 15.4 Å². The van der Waals surface area contributed by atoms with Gasteiger partial charge in [-0.05, 0) is 18.2 Å². The number of nitrogens with one attached hydrogen (secondary N) is 2. The predicted octanol–water partition coefficient (Wildman–Crippen LogP) is 0.444. The first kappa shape index (κ1) is 18.7. The van der Waals surface area contributed by atoms with Crippen LogP contribution in [-0.4, -0.2) is 57.1 Å². The molecule has 0 aliphatic carbocycles. The SMILES string of the molecule is COCCOc1cccc(C(=O)NCC2CNCC2O)c1.Cl. The van der Waals surface area contributed by atoms with Gasteiger partial charge in [-0.2, -0.15) is 0 Å². The molecule has 1 aromatic carbocycles. The van der Waals surface area contributed by atoms with Gasteiger partial charge in [-0.15, -0.1) is 12.4 Å². The number of carbonyl (C=O) groups is 1. The second-order valence-corrected chi connectivity index (χ2v) is 5.06. The van der Waals surface area contributed by atoms with E-state index in [4.69, 9.17) is 9.47 Å². The lowest BCUT2D eigenvalue weighted by atomic mass is 10.1. The second kappa shape index (κ2) is 9.63. The number of hydrogen-bond acceptors (Lipinski definition) is 5. The van der Waals surface area contributed by atoms with Crippen molar-refractivity contribution >= 4 is 18.3 Å². The van der Waals surface area contributed by atoms with Gasteiger partial charge >= 0.3 is 0 Å². The van der Waals surface area contributed by atoms with E-state index in [1.165, 1.54) is 0 Å². The summed E-state index contributed by atoms with van der Waals surface area (Å²) in [4.78, 5) is 12.1. The molecule has 1 amide bonds. The monoisotopic (exact) mass is 330 g/mol. The van der Waals surface area contributed by atoms with E-state index < -0.39 is 6.10 Å². The van der Waals surface area contributed by atoms with Crippen molar-refractivity contribution in [2.24, 2.45) is 5.92 Å². The summed E-state index contributed by atoms with van der Waals surface area (Å²) in [5.41, 5.74) is 0.547. The van der Waals surface area contributed by atoms with Crippen LogP contribution in [0.5, 0.6) is 5.75 Å². The molecule has 6 nitrogen and oxygen atoms in total. The van der Waals surface area contributed by atoms with E-state index in [2.05, 4.69) is 10.6 Å². The molecule has 22 heavy (non-hydrogen) atoms. The Morgan fingerprint density at radius 3 is 2.91 bits per heavy atom. The second-order valence-electron chi connectivity index (χ2n) is 5.06. The van der Waals surface area contributed by atoms with E-state index in [1.807, 2.05) is 0 Å². The van der Waals surface area contributed by atoms with E-state index in [0.29, 0.717) is 37.6 Å². The first-order valence-corrected chi connectivity index (χ1v) is 7.09. The molecule has 3 N–H and O–H groups in total. The zero-order chi connectivity index (χ0) is 15.1. The van der Waals surface area contributed by atoms with Crippen LogP contribution in [0.4, 0.5) is 0 Å². The summed E-state index contributed by atoms with van der Waals surface area (Å²) in [6.07, 6.45) is -0.394. The first-order chi connectivity index (χ1) is 10.2. The number of aliphatic hydroxyl groups excluding tert-OH is 1. The van der Waals surface area contributed by atoms with Crippen LogP contribution in [-0.2, 0) is 4.74 Å². The molecular formula is C15H23ClN2O4. The van der Waals surface area contributed by atoms with Crippen molar-refractivity contribution in [1.29, 1.82) is 0 Å². The summed E-state index contributed by atoms with van der Waals surface area (Å²) in [7, 11) is 1.61. The standard InChI is InChI=1S/C15H22N2O4.ClH/c1-20-5-6-21-13-4-2-3-11(7-13)15(19)17-9-12-8-16-10-14(12)18;/h2-4,7,12,14,16,18H,5-6,8-10H2,1H3,(H,17,19);1H. The van der Waals surface area contributed by atoms with E-state index in [1.54, 1.807) is 31.4 Å². The first-order valence-electron chi connectivity index (χ1n) is 7.09. The van der Waals surface area contributed by atoms with E-state index in [9.17, 15) is 9.90 Å². The lowest BCUT2D eigenvalue weighted by molar-refractivity contribution is 0.0926. The van der Waals surface area contributed by atoms with Crippen LogP contribution in [0.1, 0.15) is 10.4 Å².